The number of aliphatic imine (C=N–C) groups is 1. The third kappa shape index (κ3) is 6.95. The molecule has 1 saturated heterocycles. The molecule has 130 valence electrons. The quantitative estimate of drug-likeness (QED) is 0.314. The minimum atomic E-state index is 0. The Morgan fingerprint density at radius 1 is 1.17 bits per heavy atom. The molecule has 1 heterocycles. The fourth-order valence-corrected chi connectivity index (χ4v) is 2.44. The molecule has 1 aromatic rings. The van der Waals surface area contributed by atoms with Crippen LogP contribution in [0.4, 0.5) is 5.69 Å². The molecule has 0 amide bonds. The van der Waals surface area contributed by atoms with E-state index < -0.39 is 0 Å². The molecule has 5 nitrogen and oxygen atoms in total. The Labute approximate surface area is 156 Å². The van der Waals surface area contributed by atoms with Crippen molar-refractivity contribution in [3.8, 4) is 0 Å². The smallest absolute Gasteiger partial charge is 0.191 e. The van der Waals surface area contributed by atoms with E-state index in [-0.39, 0.29) is 24.0 Å². The number of hydrogen-bond acceptors (Lipinski definition) is 3. The predicted octanol–water partition coefficient (Wildman–Crippen LogP) is 2.61. The molecule has 1 fully saturated rings. The fourth-order valence-electron chi connectivity index (χ4n) is 2.44. The van der Waals surface area contributed by atoms with Crippen molar-refractivity contribution < 1.29 is 4.74 Å². The highest BCUT2D eigenvalue weighted by Gasteiger charge is 2.10. The van der Waals surface area contributed by atoms with Crippen LogP contribution in [0.5, 0.6) is 0 Å². The van der Waals surface area contributed by atoms with Gasteiger partial charge in [-0.2, -0.15) is 0 Å². The number of nitrogens with zero attached hydrogens (tertiary/aromatic N) is 2. The van der Waals surface area contributed by atoms with Gasteiger partial charge in [0.25, 0.3) is 0 Å². The largest absolute Gasteiger partial charge is 0.378 e. The summed E-state index contributed by atoms with van der Waals surface area (Å²) < 4.78 is 5.39. The molecule has 0 saturated carbocycles. The lowest BCUT2D eigenvalue weighted by atomic mass is 10.2. The molecule has 0 spiro atoms. The summed E-state index contributed by atoms with van der Waals surface area (Å²) in [5, 5.41) is 6.67. The molecule has 0 atom stereocenters. The van der Waals surface area contributed by atoms with E-state index in [0.717, 1.165) is 51.8 Å². The van der Waals surface area contributed by atoms with Gasteiger partial charge in [-0.15, -0.1) is 24.0 Å². The maximum atomic E-state index is 5.39. The highest BCUT2D eigenvalue weighted by atomic mass is 127. The number of halogens is 1. The van der Waals surface area contributed by atoms with Crippen LogP contribution in [-0.2, 0) is 11.3 Å². The number of ether oxygens (including phenoxy) is 1. The van der Waals surface area contributed by atoms with Gasteiger partial charge in [0.2, 0.25) is 0 Å². The lowest BCUT2D eigenvalue weighted by molar-refractivity contribution is 0.122. The second kappa shape index (κ2) is 11.5. The summed E-state index contributed by atoms with van der Waals surface area (Å²) in [5.74, 6) is 0.866. The molecule has 0 radical (unpaired) electrons. The summed E-state index contributed by atoms with van der Waals surface area (Å²) in [7, 11) is 1.81. The number of guanidine groups is 1. The number of morpholine rings is 1. The highest BCUT2D eigenvalue weighted by molar-refractivity contribution is 14.0. The van der Waals surface area contributed by atoms with Gasteiger partial charge in [0, 0.05) is 38.9 Å². The van der Waals surface area contributed by atoms with Crippen molar-refractivity contribution in [1.29, 1.82) is 0 Å². The Morgan fingerprint density at radius 2 is 1.87 bits per heavy atom. The van der Waals surface area contributed by atoms with Gasteiger partial charge in [0.15, 0.2) is 5.96 Å². The topological polar surface area (TPSA) is 48.9 Å². The number of benzene rings is 1. The average Bonchev–Trinajstić information content (AvgIpc) is 2.59. The van der Waals surface area contributed by atoms with Crippen LogP contribution in [0.1, 0.15) is 25.3 Å². The minimum Gasteiger partial charge on any atom is -0.378 e. The van der Waals surface area contributed by atoms with Crippen LogP contribution < -0.4 is 15.5 Å². The maximum Gasteiger partial charge on any atom is 0.191 e. The third-order valence-electron chi connectivity index (χ3n) is 3.82. The zero-order valence-corrected chi connectivity index (χ0v) is 16.5. The molecule has 0 aliphatic carbocycles. The first-order valence-corrected chi connectivity index (χ1v) is 8.19. The second-order valence-electron chi connectivity index (χ2n) is 5.47. The van der Waals surface area contributed by atoms with Crippen LogP contribution in [0.15, 0.2) is 29.3 Å². The van der Waals surface area contributed by atoms with Crippen LogP contribution in [0.2, 0.25) is 0 Å². The summed E-state index contributed by atoms with van der Waals surface area (Å²) in [6.45, 7) is 7.54. The van der Waals surface area contributed by atoms with Gasteiger partial charge in [0.1, 0.15) is 0 Å². The lowest BCUT2D eigenvalue weighted by Crippen LogP contribution is -2.37. The molecular weight excluding hydrogens is 403 g/mol. The number of anilines is 1. The zero-order valence-electron chi connectivity index (χ0n) is 14.2. The summed E-state index contributed by atoms with van der Waals surface area (Å²) in [4.78, 5) is 6.61. The van der Waals surface area contributed by atoms with Crippen molar-refractivity contribution in [2.24, 2.45) is 4.99 Å². The summed E-state index contributed by atoms with van der Waals surface area (Å²) in [6.07, 6.45) is 2.35. The van der Waals surface area contributed by atoms with Crippen LogP contribution in [-0.4, -0.2) is 45.9 Å². The van der Waals surface area contributed by atoms with E-state index in [1.807, 2.05) is 7.05 Å². The Balaban J connectivity index is 0.00000264. The molecule has 23 heavy (non-hydrogen) atoms. The Bertz CT molecular complexity index is 458. The minimum absolute atomic E-state index is 0. The number of unbranched alkanes of at least 4 members (excludes halogenated alkanes) is 1. The first-order valence-electron chi connectivity index (χ1n) is 8.19. The van der Waals surface area contributed by atoms with Crippen LogP contribution >= 0.6 is 24.0 Å². The van der Waals surface area contributed by atoms with Gasteiger partial charge in [-0.1, -0.05) is 25.5 Å². The molecule has 2 N–H and O–H groups in total. The molecular formula is C17H29IN4O. The molecule has 0 unspecified atom stereocenters. The molecule has 2 rings (SSSR count). The van der Waals surface area contributed by atoms with E-state index in [4.69, 9.17) is 4.74 Å². The average molecular weight is 432 g/mol. The second-order valence-corrected chi connectivity index (χ2v) is 5.47. The monoisotopic (exact) mass is 432 g/mol. The normalized spacial score (nSPS) is 15.0. The van der Waals surface area contributed by atoms with Crippen molar-refractivity contribution in [3.63, 3.8) is 0 Å². The van der Waals surface area contributed by atoms with E-state index >= 15 is 0 Å². The molecule has 6 heteroatoms. The number of hydrogen-bond donors (Lipinski definition) is 2. The van der Waals surface area contributed by atoms with E-state index in [1.54, 1.807) is 0 Å². The first-order chi connectivity index (χ1) is 10.8. The van der Waals surface area contributed by atoms with E-state index in [1.165, 1.54) is 17.7 Å². The van der Waals surface area contributed by atoms with Gasteiger partial charge >= 0.3 is 0 Å². The van der Waals surface area contributed by atoms with Gasteiger partial charge in [-0.05, 0) is 24.1 Å². The van der Waals surface area contributed by atoms with E-state index in [9.17, 15) is 0 Å². The Kier molecular flexibility index (Phi) is 10.0. The van der Waals surface area contributed by atoms with E-state index in [0.29, 0.717) is 0 Å². The van der Waals surface area contributed by atoms with E-state index in [2.05, 4.69) is 51.7 Å². The van der Waals surface area contributed by atoms with Gasteiger partial charge < -0.3 is 20.3 Å². The van der Waals surface area contributed by atoms with Gasteiger partial charge in [-0.3, -0.25) is 4.99 Å². The lowest BCUT2D eigenvalue weighted by Gasteiger charge is -2.28. The SMILES string of the molecule is CCCCNC(=NC)NCc1ccc(N2CCOCC2)cc1.I. The fraction of sp³-hybridized carbons (Fsp3) is 0.588. The summed E-state index contributed by atoms with van der Waals surface area (Å²) in [5.41, 5.74) is 2.54. The number of rotatable bonds is 6. The van der Waals surface area contributed by atoms with Gasteiger partial charge in [-0.25, -0.2) is 0 Å². The van der Waals surface area contributed by atoms with Crippen molar-refractivity contribution in [2.45, 2.75) is 26.3 Å². The summed E-state index contributed by atoms with van der Waals surface area (Å²) >= 11 is 0. The van der Waals surface area contributed by atoms with Crippen molar-refractivity contribution in [3.05, 3.63) is 29.8 Å². The van der Waals surface area contributed by atoms with Crippen molar-refractivity contribution >= 4 is 35.6 Å². The molecule has 1 aliphatic rings. The van der Waals surface area contributed by atoms with Crippen LogP contribution in [0.3, 0.4) is 0 Å². The first kappa shape index (κ1) is 20.0. The zero-order chi connectivity index (χ0) is 15.6. The Morgan fingerprint density at radius 3 is 2.48 bits per heavy atom. The molecule has 0 bridgehead atoms. The standard InChI is InChI=1S/C17H28N4O.HI/c1-3-4-9-19-17(18-2)20-14-15-5-7-16(8-6-15)21-10-12-22-13-11-21;/h5-8H,3-4,9-14H2,1-2H3,(H2,18,19,20);1H. The molecule has 1 aromatic carbocycles. The predicted molar refractivity (Wildman–Crippen MR) is 108 cm³/mol. The molecule has 0 aromatic heterocycles. The third-order valence-corrected chi connectivity index (χ3v) is 3.82. The van der Waals surface area contributed by atoms with Crippen molar-refractivity contribution in [1.82, 2.24) is 10.6 Å². The maximum absolute atomic E-state index is 5.39. The molecule has 1 aliphatic heterocycles. The van der Waals surface area contributed by atoms with Gasteiger partial charge in [0.05, 0.1) is 13.2 Å². The number of nitrogens with one attached hydrogen (secondary N) is 2. The Hall–Kier alpha value is -1.02. The van der Waals surface area contributed by atoms with Crippen LogP contribution in [0, 0.1) is 0 Å². The highest BCUT2D eigenvalue weighted by Crippen LogP contribution is 2.16. The van der Waals surface area contributed by atoms with Crippen LogP contribution in [0.25, 0.3) is 0 Å². The summed E-state index contributed by atoms with van der Waals surface area (Å²) in [6, 6.07) is 8.74. The van der Waals surface area contributed by atoms with Crippen molar-refractivity contribution in [2.75, 3.05) is 44.8 Å².